The van der Waals surface area contributed by atoms with Gasteiger partial charge in [0.25, 0.3) is 11.8 Å². The van der Waals surface area contributed by atoms with Gasteiger partial charge in [0.2, 0.25) is 0 Å². The number of nitrogens with one attached hydrogen (secondary N) is 2. The maximum Gasteiger partial charge on any atom is 0.341 e. The summed E-state index contributed by atoms with van der Waals surface area (Å²) in [4.78, 5) is 37.7. The second-order valence-electron chi connectivity index (χ2n) is 6.34. The van der Waals surface area contributed by atoms with Gasteiger partial charge in [-0.3, -0.25) is 9.59 Å². The SMILES string of the molecule is COC(=O)c1c(NC(=O)COc2ccccc2)sc(C(=O)Nc2ccccc2Cl)c1C. The minimum Gasteiger partial charge on any atom is -0.484 e. The quantitative estimate of drug-likeness (QED) is 0.497. The highest BCUT2D eigenvalue weighted by atomic mass is 35.5. The van der Waals surface area contributed by atoms with Gasteiger partial charge in [0, 0.05) is 0 Å². The number of hydrogen-bond donors (Lipinski definition) is 2. The fourth-order valence-corrected chi connectivity index (χ4v) is 4.03. The number of benzene rings is 2. The van der Waals surface area contributed by atoms with Crippen LogP contribution in [-0.4, -0.2) is 31.5 Å². The van der Waals surface area contributed by atoms with Crippen molar-refractivity contribution in [2.45, 2.75) is 6.92 Å². The molecule has 0 saturated heterocycles. The second-order valence-corrected chi connectivity index (χ2v) is 7.76. The molecule has 0 radical (unpaired) electrons. The number of halogens is 1. The van der Waals surface area contributed by atoms with E-state index in [-0.39, 0.29) is 22.0 Å². The van der Waals surface area contributed by atoms with Crippen molar-refractivity contribution in [3.8, 4) is 5.75 Å². The van der Waals surface area contributed by atoms with Crippen LogP contribution in [0.5, 0.6) is 5.75 Å². The van der Waals surface area contributed by atoms with E-state index in [2.05, 4.69) is 10.6 Å². The number of methoxy groups -OCH3 is 1. The van der Waals surface area contributed by atoms with Crippen molar-refractivity contribution in [1.29, 1.82) is 0 Å². The number of esters is 1. The predicted octanol–water partition coefficient (Wildman–Crippen LogP) is 4.77. The molecule has 0 aliphatic carbocycles. The van der Waals surface area contributed by atoms with E-state index in [0.29, 0.717) is 22.0 Å². The summed E-state index contributed by atoms with van der Waals surface area (Å²) in [5.74, 6) is -1.06. The fraction of sp³-hybridized carbons (Fsp3) is 0.136. The van der Waals surface area contributed by atoms with Crippen LogP contribution >= 0.6 is 22.9 Å². The van der Waals surface area contributed by atoms with Crippen LogP contribution in [-0.2, 0) is 9.53 Å². The summed E-state index contributed by atoms with van der Waals surface area (Å²) in [5, 5.41) is 5.93. The molecule has 0 saturated carbocycles. The van der Waals surface area contributed by atoms with Crippen molar-refractivity contribution in [3.63, 3.8) is 0 Å². The van der Waals surface area contributed by atoms with Crippen molar-refractivity contribution >= 4 is 51.4 Å². The number of rotatable bonds is 7. The van der Waals surface area contributed by atoms with E-state index in [1.54, 1.807) is 55.5 Å². The molecule has 160 valence electrons. The smallest absolute Gasteiger partial charge is 0.341 e. The van der Waals surface area contributed by atoms with Crippen molar-refractivity contribution in [2.24, 2.45) is 0 Å². The summed E-state index contributed by atoms with van der Waals surface area (Å²) in [6.07, 6.45) is 0. The van der Waals surface area contributed by atoms with Crippen molar-refractivity contribution in [3.05, 3.63) is 75.6 Å². The number of carbonyl (C=O) groups excluding carboxylic acids is 3. The molecule has 0 fully saturated rings. The van der Waals surface area contributed by atoms with Gasteiger partial charge in [-0.2, -0.15) is 0 Å². The molecule has 7 nitrogen and oxygen atoms in total. The van der Waals surface area contributed by atoms with Gasteiger partial charge in [-0.05, 0) is 36.8 Å². The molecule has 2 aromatic carbocycles. The summed E-state index contributed by atoms with van der Waals surface area (Å²) in [6.45, 7) is 1.35. The van der Waals surface area contributed by atoms with Gasteiger partial charge >= 0.3 is 5.97 Å². The lowest BCUT2D eigenvalue weighted by molar-refractivity contribution is -0.118. The Labute approximate surface area is 187 Å². The Kier molecular flexibility index (Phi) is 7.28. The van der Waals surface area contributed by atoms with E-state index in [4.69, 9.17) is 21.1 Å². The molecule has 0 aliphatic rings. The Morgan fingerprint density at radius 3 is 2.35 bits per heavy atom. The molecule has 3 aromatic rings. The summed E-state index contributed by atoms with van der Waals surface area (Å²) in [5.41, 5.74) is 0.939. The lowest BCUT2D eigenvalue weighted by Crippen LogP contribution is -2.21. The third-order valence-electron chi connectivity index (χ3n) is 4.23. The Balaban J connectivity index is 1.81. The zero-order valence-corrected chi connectivity index (χ0v) is 18.3. The number of ether oxygens (including phenoxy) is 2. The molecule has 31 heavy (non-hydrogen) atoms. The number of hydrogen-bond acceptors (Lipinski definition) is 6. The van der Waals surface area contributed by atoms with Crippen LogP contribution < -0.4 is 15.4 Å². The van der Waals surface area contributed by atoms with Crippen molar-refractivity contribution in [2.75, 3.05) is 24.4 Å². The first-order valence-corrected chi connectivity index (χ1v) is 10.4. The Bertz CT molecular complexity index is 1110. The molecule has 1 aromatic heterocycles. The van der Waals surface area contributed by atoms with Crippen molar-refractivity contribution < 1.29 is 23.9 Å². The summed E-state index contributed by atoms with van der Waals surface area (Å²) in [7, 11) is 1.23. The largest absolute Gasteiger partial charge is 0.484 e. The average Bonchev–Trinajstić information content (AvgIpc) is 3.09. The van der Waals surface area contributed by atoms with E-state index in [0.717, 1.165) is 11.3 Å². The average molecular weight is 459 g/mol. The molecule has 0 spiro atoms. The van der Waals surface area contributed by atoms with Gasteiger partial charge in [0.1, 0.15) is 10.8 Å². The fourth-order valence-electron chi connectivity index (χ4n) is 2.74. The van der Waals surface area contributed by atoms with Crippen LogP contribution in [0.3, 0.4) is 0 Å². The predicted molar refractivity (Wildman–Crippen MR) is 120 cm³/mol. The Morgan fingerprint density at radius 2 is 1.68 bits per heavy atom. The Morgan fingerprint density at radius 1 is 1.00 bits per heavy atom. The molecule has 2 N–H and O–H groups in total. The molecular weight excluding hydrogens is 440 g/mol. The molecule has 0 unspecified atom stereocenters. The summed E-state index contributed by atoms with van der Waals surface area (Å²) in [6, 6.07) is 15.6. The van der Waals surface area contributed by atoms with Gasteiger partial charge in [-0.1, -0.05) is 41.9 Å². The van der Waals surface area contributed by atoms with Gasteiger partial charge in [-0.25, -0.2) is 4.79 Å². The Hall–Kier alpha value is -3.36. The number of thiophene rings is 1. The number of anilines is 2. The van der Waals surface area contributed by atoms with E-state index >= 15 is 0 Å². The third kappa shape index (κ3) is 5.42. The molecule has 1 heterocycles. The first kappa shape index (κ1) is 22.3. The van der Waals surface area contributed by atoms with Crippen LogP contribution in [0.1, 0.15) is 25.6 Å². The van der Waals surface area contributed by atoms with Gasteiger partial charge in [0.05, 0.1) is 28.3 Å². The van der Waals surface area contributed by atoms with Crippen LogP contribution in [0.15, 0.2) is 54.6 Å². The van der Waals surface area contributed by atoms with Crippen LogP contribution in [0, 0.1) is 6.92 Å². The van der Waals surface area contributed by atoms with Crippen LogP contribution in [0.25, 0.3) is 0 Å². The zero-order valence-electron chi connectivity index (χ0n) is 16.7. The topological polar surface area (TPSA) is 93.7 Å². The molecule has 0 aliphatic heterocycles. The molecule has 2 amide bonds. The summed E-state index contributed by atoms with van der Waals surface area (Å²) >= 11 is 7.07. The van der Waals surface area contributed by atoms with E-state index in [9.17, 15) is 14.4 Å². The monoisotopic (exact) mass is 458 g/mol. The summed E-state index contributed by atoms with van der Waals surface area (Å²) < 4.78 is 10.3. The van der Waals surface area contributed by atoms with Crippen molar-refractivity contribution in [1.82, 2.24) is 0 Å². The zero-order chi connectivity index (χ0) is 22.4. The normalized spacial score (nSPS) is 10.3. The first-order valence-electron chi connectivity index (χ1n) is 9.16. The second kappa shape index (κ2) is 10.1. The van der Waals surface area contributed by atoms with E-state index in [1.807, 2.05) is 6.07 Å². The lowest BCUT2D eigenvalue weighted by atomic mass is 10.1. The third-order valence-corrected chi connectivity index (χ3v) is 5.77. The van der Waals surface area contributed by atoms with E-state index < -0.39 is 17.8 Å². The van der Waals surface area contributed by atoms with Gasteiger partial charge < -0.3 is 20.1 Å². The van der Waals surface area contributed by atoms with Crippen LogP contribution in [0.2, 0.25) is 5.02 Å². The van der Waals surface area contributed by atoms with Gasteiger partial charge in [-0.15, -0.1) is 11.3 Å². The lowest BCUT2D eigenvalue weighted by Gasteiger charge is -2.07. The first-order chi connectivity index (χ1) is 14.9. The maximum atomic E-state index is 12.8. The number of carbonyl (C=O) groups is 3. The molecule has 3 rings (SSSR count). The minimum absolute atomic E-state index is 0.116. The van der Waals surface area contributed by atoms with E-state index in [1.165, 1.54) is 7.11 Å². The molecular formula is C22H19ClN2O5S. The number of para-hydroxylation sites is 2. The minimum atomic E-state index is -0.662. The maximum absolute atomic E-state index is 12.8. The highest BCUT2D eigenvalue weighted by molar-refractivity contribution is 7.19. The number of amides is 2. The van der Waals surface area contributed by atoms with Gasteiger partial charge in [0.15, 0.2) is 6.61 Å². The highest BCUT2D eigenvalue weighted by Crippen LogP contribution is 2.34. The standard InChI is InChI=1S/C22H19ClN2O5S/c1-13-18(22(28)29-2)21(25-17(26)12-30-14-8-4-3-5-9-14)31-19(13)20(27)24-16-11-7-6-10-15(16)23/h3-11H,12H2,1-2H3,(H,24,27)(H,25,26). The molecule has 0 bridgehead atoms. The molecule has 9 heteroatoms. The molecule has 0 atom stereocenters. The van der Waals surface area contributed by atoms with Crippen LogP contribution in [0.4, 0.5) is 10.7 Å². The highest BCUT2D eigenvalue weighted by Gasteiger charge is 2.26.